The number of hydrogen-bond donors (Lipinski definition) is 1. The minimum absolute atomic E-state index is 0.316. The lowest BCUT2D eigenvalue weighted by Crippen LogP contribution is -2.29. The minimum atomic E-state index is 0.316. The van der Waals surface area contributed by atoms with Crippen molar-refractivity contribution in [3.63, 3.8) is 0 Å². The van der Waals surface area contributed by atoms with E-state index in [9.17, 15) is 0 Å². The molecule has 2 aromatic rings. The normalized spacial score (nSPS) is 9.89. The summed E-state index contributed by atoms with van der Waals surface area (Å²) < 4.78 is 0. The maximum Gasteiger partial charge on any atom is 0.158 e. The van der Waals surface area contributed by atoms with Gasteiger partial charge in [0.1, 0.15) is 11.9 Å². The zero-order chi connectivity index (χ0) is 13.5. The Bertz CT molecular complexity index is 544. The summed E-state index contributed by atoms with van der Waals surface area (Å²) in [6.07, 6.45) is 3.08. The fourth-order valence-corrected chi connectivity index (χ4v) is 1.78. The van der Waals surface area contributed by atoms with E-state index in [2.05, 4.69) is 22.1 Å². The molecule has 0 saturated carbocycles. The van der Waals surface area contributed by atoms with Crippen molar-refractivity contribution in [2.75, 3.05) is 18.0 Å². The van der Waals surface area contributed by atoms with Crippen molar-refractivity contribution < 1.29 is 0 Å². The lowest BCUT2D eigenvalue weighted by molar-refractivity contribution is 0.772. The van der Waals surface area contributed by atoms with E-state index in [1.54, 1.807) is 6.20 Å². The van der Waals surface area contributed by atoms with Crippen molar-refractivity contribution in [3.8, 4) is 6.07 Å². The van der Waals surface area contributed by atoms with Crippen LogP contribution in [0.5, 0.6) is 0 Å². The summed E-state index contributed by atoms with van der Waals surface area (Å²) >= 11 is 0. The third-order valence-electron chi connectivity index (χ3n) is 2.69. The molecule has 1 aromatic carbocycles. The quantitative estimate of drug-likeness (QED) is 0.869. The summed E-state index contributed by atoms with van der Waals surface area (Å²) in [5.41, 5.74) is 7.13. The van der Waals surface area contributed by atoms with Crippen LogP contribution in [0, 0.1) is 11.3 Å². The Morgan fingerprint density at radius 1 is 1.16 bits per heavy atom. The number of benzene rings is 1. The molecule has 0 atom stereocenters. The molecular weight excluding hydrogens is 238 g/mol. The van der Waals surface area contributed by atoms with Crippen molar-refractivity contribution in [1.82, 2.24) is 9.97 Å². The average molecular weight is 253 g/mol. The maximum atomic E-state index is 8.72. The first-order valence-corrected chi connectivity index (χ1v) is 6.04. The molecule has 0 fully saturated rings. The summed E-state index contributed by atoms with van der Waals surface area (Å²) in [4.78, 5) is 10.3. The highest BCUT2D eigenvalue weighted by atomic mass is 15.2. The first-order chi connectivity index (χ1) is 9.33. The molecule has 2 N–H and O–H groups in total. The van der Waals surface area contributed by atoms with Crippen LogP contribution in [0.4, 0.5) is 5.82 Å². The number of hydrogen-bond acceptors (Lipinski definition) is 5. The molecule has 0 amide bonds. The van der Waals surface area contributed by atoms with E-state index in [0.717, 1.165) is 12.4 Å². The third-order valence-corrected chi connectivity index (χ3v) is 2.69. The summed E-state index contributed by atoms with van der Waals surface area (Å²) in [6, 6.07) is 12.1. The van der Waals surface area contributed by atoms with Gasteiger partial charge in [-0.1, -0.05) is 30.3 Å². The van der Waals surface area contributed by atoms with Crippen molar-refractivity contribution in [2.24, 2.45) is 5.73 Å². The molecule has 0 aliphatic heterocycles. The molecule has 1 aromatic heterocycles. The Hall–Kier alpha value is -2.45. The van der Waals surface area contributed by atoms with Crippen molar-refractivity contribution in [3.05, 3.63) is 54.0 Å². The molecule has 5 nitrogen and oxygen atoms in total. The SMILES string of the molecule is N#Cc1cnc(N(CCN)Cc2ccccc2)cn1. The highest BCUT2D eigenvalue weighted by Crippen LogP contribution is 2.12. The van der Waals surface area contributed by atoms with E-state index < -0.39 is 0 Å². The Balaban J connectivity index is 2.17. The Kier molecular flexibility index (Phi) is 4.43. The van der Waals surface area contributed by atoms with Gasteiger partial charge >= 0.3 is 0 Å². The van der Waals surface area contributed by atoms with Gasteiger partial charge in [0, 0.05) is 19.6 Å². The molecule has 19 heavy (non-hydrogen) atoms. The fourth-order valence-electron chi connectivity index (χ4n) is 1.78. The number of nitrogens with two attached hydrogens (primary N) is 1. The van der Waals surface area contributed by atoms with Gasteiger partial charge in [0.25, 0.3) is 0 Å². The van der Waals surface area contributed by atoms with Gasteiger partial charge in [-0.2, -0.15) is 5.26 Å². The Labute approximate surface area is 112 Å². The molecule has 96 valence electrons. The predicted molar refractivity (Wildman–Crippen MR) is 73.3 cm³/mol. The lowest BCUT2D eigenvalue weighted by Gasteiger charge is -2.22. The monoisotopic (exact) mass is 253 g/mol. The summed E-state index contributed by atoms with van der Waals surface area (Å²) in [6.45, 7) is 1.95. The Morgan fingerprint density at radius 2 is 1.95 bits per heavy atom. The third kappa shape index (κ3) is 3.50. The summed E-state index contributed by atoms with van der Waals surface area (Å²) in [5, 5.41) is 8.72. The molecule has 0 spiro atoms. The maximum absolute atomic E-state index is 8.72. The van der Waals surface area contributed by atoms with Gasteiger partial charge in [0.2, 0.25) is 0 Å². The van der Waals surface area contributed by atoms with Gasteiger partial charge in [0.15, 0.2) is 5.69 Å². The molecule has 0 unspecified atom stereocenters. The second kappa shape index (κ2) is 6.47. The van der Waals surface area contributed by atoms with E-state index in [1.807, 2.05) is 29.2 Å². The van der Waals surface area contributed by atoms with Crippen LogP contribution >= 0.6 is 0 Å². The molecule has 0 aliphatic rings. The van der Waals surface area contributed by atoms with E-state index >= 15 is 0 Å². The fraction of sp³-hybridized carbons (Fsp3) is 0.214. The molecule has 5 heteroatoms. The van der Waals surface area contributed by atoms with Crippen molar-refractivity contribution in [1.29, 1.82) is 5.26 Å². The first kappa shape index (κ1) is 13.0. The second-order valence-electron chi connectivity index (χ2n) is 4.07. The number of nitriles is 1. The second-order valence-corrected chi connectivity index (χ2v) is 4.07. The van der Waals surface area contributed by atoms with Gasteiger partial charge < -0.3 is 10.6 Å². The molecule has 0 aliphatic carbocycles. The molecular formula is C14H15N5. The molecule has 0 radical (unpaired) electrons. The van der Waals surface area contributed by atoms with Crippen LogP contribution in [-0.2, 0) is 6.54 Å². The zero-order valence-corrected chi connectivity index (χ0v) is 10.5. The van der Waals surface area contributed by atoms with Gasteiger partial charge in [-0.3, -0.25) is 0 Å². The minimum Gasteiger partial charge on any atom is -0.350 e. The van der Waals surface area contributed by atoms with E-state index in [4.69, 9.17) is 11.0 Å². The van der Waals surface area contributed by atoms with Crippen molar-refractivity contribution in [2.45, 2.75) is 6.54 Å². The van der Waals surface area contributed by atoms with E-state index in [-0.39, 0.29) is 0 Å². The molecule has 2 rings (SSSR count). The van der Waals surface area contributed by atoms with Gasteiger partial charge in [-0.25, -0.2) is 9.97 Å². The van der Waals surface area contributed by atoms with Crippen molar-refractivity contribution >= 4 is 5.82 Å². The van der Waals surface area contributed by atoms with Crippen LogP contribution in [0.15, 0.2) is 42.7 Å². The summed E-state index contributed by atoms with van der Waals surface area (Å²) in [7, 11) is 0. The lowest BCUT2D eigenvalue weighted by atomic mass is 10.2. The van der Waals surface area contributed by atoms with Crippen LogP contribution in [0.3, 0.4) is 0 Å². The van der Waals surface area contributed by atoms with E-state index in [0.29, 0.717) is 18.8 Å². The van der Waals surface area contributed by atoms with Crippen LogP contribution < -0.4 is 10.6 Å². The predicted octanol–water partition coefficient (Wildman–Crippen LogP) is 1.31. The number of nitrogens with zero attached hydrogens (tertiary/aromatic N) is 4. The molecule has 1 heterocycles. The number of aromatic nitrogens is 2. The summed E-state index contributed by atoms with van der Waals surface area (Å²) in [5.74, 6) is 0.730. The van der Waals surface area contributed by atoms with Gasteiger partial charge in [-0.15, -0.1) is 0 Å². The van der Waals surface area contributed by atoms with Crippen LogP contribution in [0.25, 0.3) is 0 Å². The van der Waals surface area contributed by atoms with Gasteiger partial charge in [0.05, 0.1) is 12.4 Å². The first-order valence-electron chi connectivity index (χ1n) is 6.04. The topological polar surface area (TPSA) is 78.8 Å². The number of anilines is 1. The number of rotatable bonds is 5. The highest BCUT2D eigenvalue weighted by molar-refractivity contribution is 5.38. The molecule has 0 saturated heterocycles. The zero-order valence-electron chi connectivity index (χ0n) is 10.5. The average Bonchev–Trinajstić information content (AvgIpc) is 2.48. The largest absolute Gasteiger partial charge is 0.350 e. The smallest absolute Gasteiger partial charge is 0.158 e. The van der Waals surface area contributed by atoms with Crippen LogP contribution in [0.1, 0.15) is 11.3 Å². The highest BCUT2D eigenvalue weighted by Gasteiger charge is 2.08. The van der Waals surface area contributed by atoms with Crippen LogP contribution in [-0.4, -0.2) is 23.1 Å². The van der Waals surface area contributed by atoms with Gasteiger partial charge in [-0.05, 0) is 5.56 Å². The molecule has 0 bridgehead atoms. The standard InChI is InChI=1S/C14H15N5/c15-6-7-19(11-12-4-2-1-3-5-12)14-10-17-13(8-16)9-18-14/h1-5,9-10H,6-7,11,15H2. The van der Waals surface area contributed by atoms with Crippen LogP contribution in [0.2, 0.25) is 0 Å². The van der Waals surface area contributed by atoms with E-state index in [1.165, 1.54) is 11.8 Å². The Morgan fingerprint density at radius 3 is 2.53 bits per heavy atom.